The Kier molecular flexibility index (Phi) is 5.92. The lowest BCUT2D eigenvalue weighted by atomic mass is 10.1. The molecular weight excluding hydrogens is 418 g/mol. The van der Waals surface area contributed by atoms with Gasteiger partial charge in [0.1, 0.15) is 5.02 Å². The maximum atomic E-state index is 12.9. The van der Waals surface area contributed by atoms with Crippen molar-refractivity contribution < 1.29 is 18.1 Å². The highest BCUT2D eigenvalue weighted by molar-refractivity contribution is 7.89. The van der Waals surface area contributed by atoms with Crippen molar-refractivity contribution in [2.75, 3.05) is 26.2 Å². The van der Waals surface area contributed by atoms with Crippen LogP contribution in [0.15, 0.2) is 41.3 Å². The molecule has 2 aromatic rings. The summed E-state index contributed by atoms with van der Waals surface area (Å²) in [5.74, 6) is -0.395. The summed E-state index contributed by atoms with van der Waals surface area (Å²) in [4.78, 5) is 24.8. The molecule has 1 saturated heterocycles. The minimum atomic E-state index is -3.65. The zero-order valence-electron chi connectivity index (χ0n) is 16.0. The van der Waals surface area contributed by atoms with E-state index in [4.69, 9.17) is 11.6 Å². The fourth-order valence-corrected chi connectivity index (χ4v) is 4.82. The number of nitrogens with zero attached hydrogens (tertiary/aromatic N) is 3. The molecule has 1 heterocycles. The van der Waals surface area contributed by atoms with Crippen LogP contribution in [0.1, 0.15) is 21.5 Å². The lowest BCUT2D eigenvalue weighted by Crippen LogP contribution is -2.50. The third-order valence-corrected chi connectivity index (χ3v) is 7.25. The summed E-state index contributed by atoms with van der Waals surface area (Å²) in [5, 5.41) is 11.0. The van der Waals surface area contributed by atoms with E-state index in [9.17, 15) is 23.3 Å². The van der Waals surface area contributed by atoms with Gasteiger partial charge in [-0.15, -0.1) is 0 Å². The SMILES string of the molecule is Cc1ccc(S(=O)(=O)N2CCN(C(=O)c3ccc(Cl)c([N+](=O)[O-])c3)CC2)cc1C. The number of benzene rings is 2. The molecule has 8 nitrogen and oxygen atoms in total. The van der Waals surface area contributed by atoms with Gasteiger partial charge in [0.15, 0.2) is 0 Å². The van der Waals surface area contributed by atoms with Crippen molar-refractivity contribution in [3.8, 4) is 0 Å². The molecule has 10 heteroatoms. The summed E-state index contributed by atoms with van der Waals surface area (Å²) < 4.78 is 27.1. The quantitative estimate of drug-likeness (QED) is 0.540. The monoisotopic (exact) mass is 437 g/mol. The number of carbonyl (C=O) groups is 1. The van der Waals surface area contributed by atoms with E-state index in [1.807, 2.05) is 13.8 Å². The van der Waals surface area contributed by atoms with Crippen LogP contribution in [-0.4, -0.2) is 54.6 Å². The van der Waals surface area contributed by atoms with E-state index in [2.05, 4.69) is 0 Å². The first-order valence-corrected chi connectivity index (χ1v) is 10.7. The smallest absolute Gasteiger partial charge is 0.288 e. The van der Waals surface area contributed by atoms with Crippen LogP contribution in [0.25, 0.3) is 0 Å². The number of piperazine rings is 1. The van der Waals surface area contributed by atoms with Gasteiger partial charge in [0, 0.05) is 37.8 Å². The maximum Gasteiger partial charge on any atom is 0.288 e. The molecule has 1 aliphatic rings. The molecule has 0 radical (unpaired) electrons. The Bertz CT molecular complexity index is 1080. The van der Waals surface area contributed by atoms with E-state index in [0.717, 1.165) is 17.2 Å². The Hall–Kier alpha value is -2.49. The number of carbonyl (C=O) groups excluding carboxylic acids is 1. The third-order valence-electron chi connectivity index (χ3n) is 5.03. The van der Waals surface area contributed by atoms with Crippen LogP contribution in [0.4, 0.5) is 5.69 Å². The number of sulfonamides is 1. The Labute approximate surface area is 173 Å². The van der Waals surface area contributed by atoms with Gasteiger partial charge in [-0.1, -0.05) is 17.7 Å². The van der Waals surface area contributed by atoms with Crippen LogP contribution >= 0.6 is 11.6 Å². The van der Waals surface area contributed by atoms with Crippen LogP contribution in [0, 0.1) is 24.0 Å². The summed E-state index contributed by atoms with van der Waals surface area (Å²) in [5.41, 5.74) is 1.71. The molecule has 0 spiro atoms. The lowest BCUT2D eigenvalue weighted by molar-refractivity contribution is -0.384. The van der Waals surface area contributed by atoms with Gasteiger partial charge in [-0.2, -0.15) is 4.31 Å². The lowest BCUT2D eigenvalue weighted by Gasteiger charge is -2.34. The van der Waals surface area contributed by atoms with Crippen LogP contribution in [0.5, 0.6) is 0 Å². The fraction of sp³-hybridized carbons (Fsp3) is 0.316. The van der Waals surface area contributed by atoms with Gasteiger partial charge in [-0.25, -0.2) is 8.42 Å². The summed E-state index contributed by atoms with van der Waals surface area (Å²) in [7, 11) is -3.65. The fourth-order valence-electron chi connectivity index (χ4n) is 3.12. The molecule has 3 rings (SSSR count). The molecule has 0 aliphatic carbocycles. The van der Waals surface area contributed by atoms with Crippen molar-refractivity contribution in [1.29, 1.82) is 0 Å². The molecule has 2 aromatic carbocycles. The largest absolute Gasteiger partial charge is 0.336 e. The summed E-state index contributed by atoms with van der Waals surface area (Å²) >= 11 is 5.79. The molecule has 1 amide bonds. The summed E-state index contributed by atoms with van der Waals surface area (Å²) in [6.07, 6.45) is 0. The molecule has 154 valence electrons. The van der Waals surface area contributed by atoms with E-state index in [-0.39, 0.29) is 47.3 Å². The van der Waals surface area contributed by atoms with Gasteiger partial charge < -0.3 is 4.90 Å². The van der Waals surface area contributed by atoms with Crippen molar-refractivity contribution in [2.45, 2.75) is 18.7 Å². The maximum absolute atomic E-state index is 12.9. The molecule has 0 bridgehead atoms. The number of rotatable bonds is 4. The first-order valence-electron chi connectivity index (χ1n) is 8.92. The van der Waals surface area contributed by atoms with E-state index < -0.39 is 20.9 Å². The van der Waals surface area contributed by atoms with Crippen LogP contribution in [-0.2, 0) is 10.0 Å². The molecule has 0 N–H and O–H groups in total. The number of nitro benzene ring substituents is 1. The van der Waals surface area contributed by atoms with E-state index >= 15 is 0 Å². The highest BCUT2D eigenvalue weighted by Crippen LogP contribution is 2.26. The Morgan fingerprint density at radius 2 is 1.69 bits per heavy atom. The van der Waals surface area contributed by atoms with Crippen molar-refractivity contribution in [1.82, 2.24) is 9.21 Å². The average Bonchev–Trinajstić information content (AvgIpc) is 2.69. The molecule has 1 fully saturated rings. The second kappa shape index (κ2) is 8.10. The van der Waals surface area contributed by atoms with Crippen molar-refractivity contribution >= 4 is 33.2 Å². The van der Waals surface area contributed by atoms with Gasteiger partial charge in [0.2, 0.25) is 10.0 Å². The number of hydrogen-bond donors (Lipinski definition) is 0. The summed E-state index contributed by atoms with van der Waals surface area (Å²) in [6, 6.07) is 8.89. The number of nitro groups is 1. The van der Waals surface area contributed by atoms with Crippen LogP contribution in [0.3, 0.4) is 0 Å². The first-order chi connectivity index (χ1) is 13.6. The Balaban J connectivity index is 1.73. The normalized spacial score (nSPS) is 15.3. The van der Waals surface area contributed by atoms with E-state index in [1.165, 1.54) is 21.3 Å². The molecule has 29 heavy (non-hydrogen) atoms. The highest BCUT2D eigenvalue weighted by Gasteiger charge is 2.31. The zero-order valence-corrected chi connectivity index (χ0v) is 17.5. The van der Waals surface area contributed by atoms with Crippen molar-refractivity contribution in [3.05, 3.63) is 68.2 Å². The second-order valence-electron chi connectivity index (χ2n) is 6.87. The van der Waals surface area contributed by atoms with Gasteiger partial charge in [-0.3, -0.25) is 14.9 Å². The Morgan fingerprint density at radius 3 is 2.28 bits per heavy atom. The van der Waals surface area contributed by atoms with Gasteiger partial charge in [0.25, 0.3) is 11.6 Å². The topological polar surface area (TPSA) is 101 Å². The second-order valence-corrected chi connectivity index (χ2v) is 9.21. The average molecular weight is 438 g/mol. The van der Waals surface area contributed by atoms with Gasteiger partial charge in [0.05, 0.1) is 9.82 Å². The molecular formula is C19H20ClN3O5S. The van der Waals surface area contributed by atoms with Gasteiger partial charge >= 0.3 is 0 Å². The van der Waals surface area contributed by atoms with Crippen molar-refractivity contribution in [3.63, 3.8) is 0 Å². The van der Waals surface area contributed by atoms with E-state index in [1.54, 1.807) is 18.2 Å². The Morgan fingerprint density at radius 1 is 1.03 bits per heavy atom. The number of hydrogen-bond acceptors (Lipinski definition) is 5. The number of amides is 1. The van der Waals surface area contributed by atoms with E-state index in [0.29, 0.717) is 0 Å². The van der Waals surface area contributed by atoms with Crippen molar-refractivity contribution in [2.24, 2.45) is 0 Å². The van der Waals surface area contributed by atoms with Crippen LogP contribution in [0.2, 0.25) is 5.02 Å². The first kappa shape index (κ1) is 21.2. The number of aryl methyl sites for hydroxylation is 2. The molecule has 0 aromatic heterocycles. The highest BCUT2D eigenvalue weighted by atomic mass is 35.5. The summed E-state index contributed by atoms with van der Waals surface area (Å²) in [6.45, 7) is 4.46. The molecule has 0 saturated carbocycles. The minimum Gasteiger partial charge on any atom is -0.336 e. The number of halogens is 1. The zero-order chi connectivity index (χ0) is 21.3. The predicted molar refractivity (Wildman–Crippen MR) is 109 cm³/mol. The van der Waals surface area contributed by atoms with Gasteiger partial charge in [-0.05, 0) is 49.2 Å². The predicted octanol–water partition coefficient (Wildman–Crippen LogP) is 3.01. The standard InChI is InChI=1S/C19H20ClN3O5S/c1-13-3-5-16(11-14(13)2)29(27,28)22-9-7-21(8-10-22)19(24)15-4-6-17(20)18(12-15)23(25)26/h3-6,11-12H,7-10H2,1-2H3. The van der Waals surface area contributed by atoms with Crippen LogP contribution < -0.4 is 0 Å². The molecule has 0 atom stereocenters. The molecule has 1 aliphatic heterocycles. The minimum absolute atomic E-state index is 0.0455. The third kappa shape index (κ3) is 4.26. The molecule has 0 unspecified atom stereocenters.